The van der Waals surface area contributed by atoms with Gasteiger partial charge in [-0.25, -0.2) is 0 Å². The lowest BCUT2D eigenvalue weighted by Gasteiger charge is -2.29. The van der Waals surface area contributed by atoms with E-state index in [0.29, 0.717) is 0 Å². The molecule has 1 aliphatic heterocycles. The van der Waals surface area contributed by atoms with Gasteiger partial charge >= 0.3 is 0 Å². The smallest absolute Gasteiger partial charge is 0.224 e. The molecule has 1 saturated heterocycles. The molecule has 45 valence electrons. The molecule has 0 atom stereocenters. The van der Waals surface area contributed by atoms with Crippen LogP contribution in [-0.2, 0) is 4.79 Å². The van der Waals surface area contributed by atoms with E-state index < -0.39 is 0 Å². The summed E-state index contributed by atoms with van der Waals surface area (Å²) in [7, 11) is 0. The zero-order valence-corrected chi connectivity index (χ0v) is 4.89. The van der Waals surface area contributed by atoms with Crippen LogP contribution in [0.15, 0.2) is 0 Å². The highest BCUT2D eigenvalue weighted by Crippen LogP contribution is 2.07. The van der Waals surface area contributed by atoms with E-state index in [9.17, 15) is 4.79 Å². The molecule has 0 aromatic heterocycles. The standard InChI is InChI=1S/C6H10NO/c1-2-4-7-5-3-6(7)8/h1-5H2. The summed E-state index contributed by atoms with van der Waals surface area (Å²) in [6.45, 7) is 5.45. The molecule has 8 heavy (non-hydrogen) atoms. The van der Waals surface area contributed by atoms with Crippen molar-refractivity contribution in [2.75, 3.05) is 13.1 Å². The molecular weight excluding hydrogens is 102 g/mol. The number of hydrogen-bond donors (Lipinski definition) is 0. The number of amides is 1. The molecule has 0 aliphatic carbocycles. The molecule has 2 nitrogen and oxygen atoms in total. The number of hydrogen-bond acceptors (Lipinski definition) is 1. The Balaban J connectivity index is 2.17. The first-order chi connectivity index (χ1) is 3.84. The third-order valence-corrected chi connectivity index (χ3v) is 1.38. The molecule has 1 amide bonds. The zero-order chi connectivity index (χ0) is 5.98. The number of β-lactam (4-membered cyclic amide) rings is 1. The third kappa shape index (κ3) is 0.831. The van der Waals surface area contributed by atoms with Gasteiger partial charge in [0, 0.05) is 19.5 Å². The summed E-state index contributed by atoms with van der Waals surface area (Å²) in [5, 5.41) is 0. The minimum Gasteiger partial charge on any atom is -0.342 e. The first-order valence-electron chi connectivity index (χ1n) is 2.91. The van der Waals surface area contributed by atoms with Gasteiger partial charge in [-0.2, -0.15) is 0 Å². The highest BCUT2D eigenvalue weighted by atomic mass is 16.2. The van der Waals surface area contributed by atoms with Crippen molar-refractivity contribution < 1.29 is 4.79 Å². The Kier molecular flexibility index (Phi) is 1.51. The van der Waals surface area contributed by atoms with Crippen LogP contribution < -0.4 is 0 Å². The first kappa shape index (κ1) is 5.60. The van der Waals surface area contributed by atoms with Gasteiger partial charge in [0.25, 0.3) is 0 Å². The number of carbonyl (C=O) groups is 1. The van der Waals surface area contributed by atoms with Gasteiger partial charge in [0.1, 0.15) is 0 Å². The Morgan fingerprint density at radius 1 is 1.75 bits per heavy atom. The van der Waals surface area contributed by atoms with Crippen LogP contribution >= 0.6 is 0 Å². The summed E-state index contributed by atoms with van der Waals surface area (Å²) < 4.78 is 0. The molecule has 0 saturated carbocycles. The van der Waals surface area contributed by atoms with Gasteiger partial charge in [0.15, 0.2) is 0 Å². The van der Waals surface area contributed by atoms with Crippen LogP contribution in [0, 0.1) is 6.92 Å². The lowest BCUT2D eigenvalue weighted by Crippen LogP contribution is -2.43. The van der Waals surface area contributed by atoms with Crippen molar-refractivity contribution >= 4 is 5.91 Å². The van der Waals surface area contributed by atoms with E-state index in [2.05, 4.69) is 6.92 Å². The summed E-state index contributed by atoms with van der Waals surface area (Å²) in [6.07, 6.45) is 1.59. The average molecular weight is 112 g/mol. The Morgan fingerprint density at radius 3 is 2.62 bits per heavy atom. The number of carbonyl (C=O) groups excluding carboxylic acids is 1. The fourth-order valence-electron chi connectivity index (χ4n) is 0.789. The summed E-state index contributed by atoms with van der Waals surface area (Å²) >= 11 is 0. The van der Waals surface area contributed by atoms with E-state index >= 15 is 0 Å². The Hall–Kier alpha value is -0.530. The van der Waals surface area contributed by atoms with Crippen molar-refractivity contribution in [1.82, 2.24) is 4.90 Å². The van der Waals surface area contributed by atoms with Gasteiger partial charge in [-0.05, 0) is 6.42 Å². The molecule has 1 aliphatic rings. The van der Waals surface area contributed by atoms with Gasteiger partial charge < -0.3 is 4.90 Å². The number of likely N-dealkylation sites (tertiary alicyclic amines) is 1. The molecule has 0 aromatic carbocycles. The van der Waals surface area contributed by atoms with E-state index in [1.165, 1.54) is 0 Å². The van der Waals surface area contributed by atoms with Gasteiger partial charge in [0.05, 0.1) is 0 Å². The van der Waals surface area contributed by atoms with Crippen molar-refractivity contribution in [2.45, 2.75) is 12.8 Å². The maximum absolute atomic E-state index is 10.5. The first-order valence-corrected chi connectivity index (χ1v) is 2.91. The SMILES string of the molecule is [CH2]CCN1CCC1=O. The van der Waals surface area contributed by atoms with Crippen molar-refractivity contribution in [1.29, 1.82) is 0 Å². The predicted octanol–water partition coefficient (Wildman–Crippen LogP) is 0.443. The van der Waals surface area contributed by atoms with Crippen LogP contribution in [0.5, 0.6) is 0 Å². The van der Waals surface area contributed by atoms with E-state index in [0.717, 1.165) is 25.9 Å². The van der Waals surface area contributed by atoms with E-state index in [4.69, 9.17) is 0 Å². The predicted molar refractivity (Wildman–Crippen MR) is 31.2 cm³/mol. The molecule has 0 spiro atoms. The molecule has 0 bridgehead atoms. The molecule has 1 rings (SSSR count). The van der Waals surface area contributed by atoms with Crippen molar-refractivity contribution in [2.24, 2.45) is 0 Å². The minimum atomic E-state index is 0.286. The van der Waals surface area contributed by atoms with Crippen molar-refractivity contribution in [3.8, 4) is 0 Å². The molecule has 0 unspecified atom stereocenters. The fraction of sp³-hybridized carbons (Fsp3) is 0.667. The van der Waals surface area contributed by atoms with E-state index in [1.54, 1.807) is 0 Å². The third-order valence-electron chi connectivity index (χ3n) is 1.38. The largest absolute Gasteiger partial charge is 0.342 e. The van der Waals surface area contributed by atoms with Crippen LogP contribution in [0.2, 0.25) is 0 Å². The second-order valence-corrected chi connectivity index (χ2v) is 1.98. The highest BCUT2D eigenvalue weighted by molar-refractivity contribution is 5.81. The molecule has 0 aromatic rings. The second kappa shape index (κ2) is 2.16. The van der Waals surface area contributed by atoms with Crippen LogP contribution in [0.3, 0.4) is 0 Å². The highest BCUT2D eigenvalue weighted by Gasteiger charge is 2.21. The summed E-state index contributed by atoms with van der Waals surface area (Å²) in [5.74, 6) is 0.286. The topological polar surface area (TPSA) is 20.3 Å². The molecule has 1 heterocycles. The maximum Gasteiger partial charge on any atom is 0.224 e. The van der Waals surface area contributed by atoms with E-state index in [1.807, 2.05) is 4.90 Å². The normalized spacial score (nSPS) is 18.6. The van der Waals surface area contributed by atoms with E-state index in [-0.39, 0.29) is 5.91 Å². The van der Waals surface area contributed by atoms with Crippen LogP contribution in [-0.4, -0.2) is 23.9 Å². The number of nitrogens with zero attached hydrogens (tertiary/aromatic N) is 1. The Labute approximate surface area is 49.5 Å². The average Bonchev–Trinajstić information content (AvgIpc) is 1.79. The molecule has 1 fully saturated rings. The van der Waals surface area contributed by atoms with Gasteiger partial charge in [-0.15, -0.1) is 0 Å². The van der Waals surface area contributed by atoms with Gasteiger partial charge in [0.2, 0.25) is 5.91 Å². The lowest BCUT2D eigenvalue weighted by molar-refractivity contribution is -0.139. The molecular formula is C6H10NO. The summed E-state index contributed by atoms with van der Waals surface area (Å²) in [6, 6.07) is 0. The maximum atomic E-state index is 10.5. The summed E-state index contributed by atoms with van der Waals surface area (Å²) in [5.41, 5.74) is 0. The van der Waals surface area contributed by atoms with Crippen molar-refractivity contribution in [3.05, 3.63) is 6.92 Å². The zero-order valence-electron chi connectivity index (χ0n) is 4.89. The fourth-order valence-corrected chi connectivity index (χ4v) is 0.789. The van der Waals surface area contributed by atoms with Gasteiger partial charge in [-0.1, -0.05) is 6.92 Å². The lowest BCUT2D eigenvalue weighted by atomic mass is 10.2. The molecule has 0 N–H and O–H groups in total. The molecule has 2 heteroatoms. The monoisotopic (exact) mass is 112 g/mol. The summed E-state index contributed by atoms with van der Waals surface area (Å²) in [4.78, 5) is 12.3. The van der Waals surface area contributed by atoms with Crippen molar-refractivity contribution in [3.63, 3.8) is 0 Å². The van der Waals surface area contributed by atoms with Crippen LogP contribution in [0.4, 0.5) is 0 Å². The minimum absolute atomic E-state index is 0.286. The second-order valence-electron chi connectivity index (χ2n) is 1.98. The Morgan fingerprint density at radius 2 is 2.50 bits per heavy atom. The number of rotatable bonds is 2. The van der Waals surface area contributed by atoms with Crippen LogP contribution in [0.25, 0.3) is 0 Å². The Bertz CT molecular complexity index is 101. The van der Waals surface area contributed by atoms with Crippen LogP contribution in [0.1, 0.15) is 12.8 Å². The quantitative estimate of drug-likeness (QED) is 0.475. The molecule has 1 radical (unpaired) electrons. The van der Waals surface area contributed by atoms with Gasteiger partial charge in [-0.3, -0.25) is 4.79 Å².